The number of methoxy groups -OCH3 is 1. The molecule has 0 bridgehead atoms. The summed E-state index contributed by atoms with van der Waals surface area (Å²) in [5.41, 5.74) is 1.94. The SMILES string of the molecule is COc1ccccc1C(=O)n1nc(-c2ccccc2)c(F)c1NCc1ccccc1. The monoisotopic (exact) mass is 401 g/mol. The molecule has 0 amide bonds. The van der Waals surface area contributed by atoms with Gasteiger partial charge in [-0.1, -0.05) is 72.8 Å². The van der Waals surface area contributed by atoms with Gasteiger partial charge in [0.2, 0.25) is 0 Å². The molecule has 150 valence electrons. The van der Waals surface area contributed by atoms with E-state index in [9.17, 15) is 4.79 Å². The van der Waals surface area contributed by atoms with Gasteiger partial charge in [0, 0.05) is 12.1 Å². The van der Waals surface area contributed by atoms with Gasteiger partial charge in [0.05, 0.1) is 12.7 Å². The number of carbonyl (C=O) groups excluding carboxylic acids is 1. The summed E-state index contributed by atoms with van der Waals surface area (Å²) in [5.74, 6) is -0.660. The van der Waals surface area contributed by atoms with Crippen LogP contribution in [0.15, 0.2) is 84.9 Å². The van der Waals surface area contributed by atoms with E-state index in [0.29, 0.717) is 23.4 Å². The highest BCUT2D eigenvalue weighted by molar-refractivity contribution is 6.00. The van der Waals surface area contributed by atoms with Crippen LogP contribution in [0.25, 0.3) is 11.3 Å². The molecule has 1 N–H and O–H groups in total. The smallest absolute Gasteiger partial charge is 0.283 e. The minimum atomic E-state index is -0.583. The van der Waals surface area contributed by atoms with E-state index < -0.39 is 11.7 Å². The number of hydrogen-bond acceptors (Lipinski definition) is 4. The lowest BCUT2D eigenvalue weighted by Gasteiger charge is -2.11. The fourth-order valence-electron chi connectivity index (χ4n) is 3.20. The Bertz CT molecular complexity index is 1160. The van der Waals surface area contributed by atoms with Crippen molar-refractivity contribution in [1.82, 2.24) is 9.78 Å². The van der Waals surface area contributed by atoms with Crippen LogP contribution < -0.4 is 10.1 Å². The van der Waals surface area contributed by atoms with Crippen molar-refractivity contribution in [3.05, 3.63) is 102 Å². The van der Waals surface area contributed by atoms with Crippen LogP contribution in [0, 0.1) is 5.82 Å². The molecular weight excluding hydrogens is 381 g/mol. The fourth-order valence-corrected chi connectivity index (χ4v) is 3.20. The molecule has 0 aliphatic heterocycles. The Morgan fingerprint density at radius 3 is 2.30 bits per heavy atom. The molecule has 0 saturated heterocycles. The Kier molecular flexibility index (Phi) is 5.57. The zero-order valence-corrected chi connectivity index (χ0v) is 16.4. The predicted octanol–water partition coefficient (Wildman–Crippen LogP) is 5.00. The van der Waals surface area contributed by atoms with E-state index in [-0.39, 0.29) is 11.5 Å². The average molecular weight is 401 g/mol. The number of ether oxygens (including phenoxy) is 1. The minimum Gasteiger partial charge on any atom is -0.496 e. The summed E-state index contributed by atoms with van der Waals surface area (Å²) >= 11 is 0. The van der Waals surface area contributed by atoms with Gasteiger partial charge in [-0.2, -0.15) is 9.78 Å². The number of carbonyl (C=O) groups is 1. The van der Waals surface area contributed by atoms with Crippen molar-refractivity contribution in [2.45, 2.75) is 6.54 Å². The molecule has 6 heteroatoms. The summed E-state index contributed by atoms with van der Waals surface area (Å²) in [6, 6.07) is 25.3. The van der Waals surface area contributed by atoms with Crippen molar-refractivity contribution in [2.75, 3.05) is 12.4 Å². The molecule has 0 atom stereocenters. The van der Waals surface area contributed by atoms with Crippen LogP contribution in [0.3, 0.4) is 0 Å². The van der Waals surface area contributed by atoms with Gasteiger partial charge in [-0.25, -0.2) is 4.39 Å². The highest BCUT2D eigenvalue weighted by Gasteiger charge is 2.25. The summed E-state index contributed by atoms with van der Waals surface area (Å²) in [4.78, 5) is 13.3. The second kappa shape index (κ2) is 8.61. The van der Waals surface area contributed by atoms with Crippen molar-refractivity contribution < 1.29 is 13.9 Å². The fraction of sp³-hybridized carbons (Fsp3) is 0.0833. The molecule has 0 fully saturated rings. The van der Waals surface area contributed by atoms with E-state index in [1.54, 1.807) is 48.5 Å². The molecule has 30 heavy (non-hydrogen) atoms. The van der Waals surface area contributed by atoms with E-state index in [1.165, 1.54) is 7.11 Å². The summed E-state index contributed by atoms with van der Waals surface area (Å²) in [6.45, 7) is 0.344. The topological polar surface area (TPSA) is 56.2 Å². The highest BCUT2D eigenvalue weighted by atomic mass is 19.1. The number of benzene rings is 3. The predicted molar refractivity (Wildman–Crippen MR) is 114 cm³/mol. The maximum atomic E-state index is 15.4. The first-order chi connectivity index (χ1) is 14.7. The van der Waals surface area contributed by atoms with Crippen molar-refractivity contribution in [1.29, 1.82) is 0 Å². The van der Waals surface area contributed by atoms with Gasteiger partial charge >= 0.3 is 0 Å². The summed E-state index contributed by atoms with van der Waals surface area (Å²) in [7, 11) is 1.49. The van der Waals surface area contributed by atoms with Crippen LogP contribution in [0.2, 0.25) is 0 Å². The number of para-hydroxylation sites is 1. The quantitative estimate of drug-likeness (QED) is 0.494. The van der Waals surface area contributed by atoms with Gasteiger partial charge in [0.15, 0.2) is 11.6 Å². The molecule has 0 unspecified atom stereocenters. The number of hydrogen-bond donors (Lipinski definition) is 1. The lowest BCUT2D eigenvalue weighted by molar-refractivity contribution is 0.0944. The second-order valence-corrected chi connectivity index (χ2v) is 6.63. The van der Waals surface area contributed by atoms with Gasteiger partial charge in [-0.05, 0) is 17.7 Å². The first-order valence-electron chi connectivity index (χ1n) is 9.48. The van der Waals surface area contributed by atoms with Crippen LogP contribution in [-0.4, -0.2) is 22.8 Å². The van der Waals surface area contributed by atoms with Crippen LogP contribution >= 0.6 is 0 Å². The largest absolute Gasteiger partial charge is 0.496 e. The maximum Gasteiger partial charge on any atom is 0.283 e. The zero-order valence-electron chi connectivity index (χ0n) is 16.4. The van der Waals surface area contributed by atoms with Gasteiger partial charge in [-0.3, -0.25) is 4.79 Å². The number of nitrogens with zero attached hydrogens (tertiary/aromatic N) is 2. The number of aromatic nitrogens is 2. The van der Waals surface area contributed by atoms with E-state index in [2.05, 4.69) is 10.4 Å². The van der Waals surface area contributed by atoms with Crippen molar-refractivity contribution in [3.8, 4) is 17.0 Å². The van der Waals surface area contributed by atoms with E-state index in [1.807, 2.05) is 36.4 Å². The summed E-state index contributed by atoms with van der Waals surface area (Å²) in [6.07, 6.45) is 0. The zero-order chi connectivity index (χ0) is 20.9. The Labute approximate surface area is 173 Å². The molecule has 0 aliphatic rings. The Hall–Kier alpha value is -3.93. The van der Waals surface area contributed by atoms with E-state index >= 15 is 4.39 Å². The van der Waals surface area contributed by atoms with Crippen LogP contribution in [0.5, 0.6) is 5.75 Å². The van der Waals surface area contributed by atoms with Gasteiger partial charge in [0.25, 0.3) is 5.91 Å². The summed E-state index contributed by atoms with van der Waals surface area (Å²) < 4.78 is 21.8. The molecule has 4 aromatic rings. The molecule has 0 aliphatic carbocycles. The Morgan fingerprint density at radius 1 is 0.967 bits per heavy atom. The first-order valence-corrected chi connectivity index (χ1v) is 9.48. The van der Waals surface area contributed by atoms with Gasteiger partial charge in [0.1, 0.15) is 11.4 Å². The number of anilines is 1. The average Bonchev–Trinajstić information content (AvgIpc) is 3.14. The molecule has 3 aromatic carbocycles. The minimum absolute atomic E-state index is 0.00797. The molecule has 0 radical (unpaired) electrons. The van der Waals surface area contributed by atoms with Crippen molar-refractivity contribution in [2.24, 2.45) is 0 Å². The normalized spacial score (nSPS) is 10.6. The summed E-state index contributed by atoms with van der Waals surface area (Å²) in [5, 5.41) is 7.36. The third kappa shape index (κ3) is 3.80. The third-order valence-corrected chi connectivity index (χ3v) is 4.71. The Balaban J connectivity index is 1.78. The third-order valence-electron chi connectivity index (χ3n) is 4.71. The van der Waals surface area contributed by atoms with E-state index in [0.717, 1.165) is 10.2 Å². The molecule has 1 heterocycles. The van der Waals surface area contributed by atoms with Crippen LogP contribution in [0.4, 0.5) is 10.2 Å². The first kappa shape index (κ1) is 19.4. The molecular formula is C24H20FN3O2. The van der Waals surface area contributed by atoms with Gasteiger partial charge < -0.3 is 10.1 Å². The maximum absolute atomic E-state index is 15.4. The number of rotatable bonds is 6. The standard InChI is InChI=1S/C24H20FN3O2/c1-30-20-15-9-8-14-19(20)24(29)28-23(26-16-17-10-4-2-5-11-17)21(25)22(27-28)18-12-6-3-7-13-18/h2-15,26H,16H2,1H3. The lowest BCUT2D eigenvalue weighted by atomic mass is 10.1. The van der Waals surface area contributed by atoms with Crippen molar-refractivity contribution in [3.63, 3.8) is 0 Å². The highest BCUT2D eigenvalue weighted by Crippen LogP contribution is 2.29. The van der Waals surface area contributed by atoms with Crippen LogP contribution in [0.1, 0.15) is 15.9 Å². The van der Waals surface area contributed by atoms with Crippen molar-refractivity contribution >= 4 is 11.7 Å². The molecule has 1 aromatic heterocycles. The molecule has 4 rings (SSSR count). The molecule has 0 spiro atoms. The number of halogens is 1. The molecule has 0 saturated carbocycles. The Morgan fingerprint density at radius 2 is 1.60 bits per heavy atom. The lowest BCUT2D eigenvalue weighted by Crippen LogP contribution is -2.18. The van der Waals surface area contributed by atoms with Gasteiger partial charge in [-0.15, -0.1) is 0 Å². The number of nitrogens with one attached hydrogen (secondary N) is 1. The van der Waals surface area contributed by atoms with Crippen LogP contribution in [-0.2, 0) is 6.54 Å². The second-order valence-electron chi connectivity index (χ2n) is 6.63. The van der Waals surface area contributed by atoms with E-state index in [4.69, 9.17) is 4.74 Å². The molecule has 5 nitrogen and oxygen atoms in total.